The average molecular weight is 404 g/mol. The molecule has 1 saturated heterocycles. The first-order chi connectivity index (χ1) is 13.1. The zero-order valence-electron chi connectivity index (χ0n) is 15.1. The fraction of sp³-hybridized carbons (Fsp3) is 0.211. The molecule has 0 bridgehead atoms. The summed E-state index contributed by atoms with van der Waals surface area (Å²) in [6, 6.07) is 7.16. The molecule has 1 aromatic carbocycles. The van der Waals surface area contributed by atoms with E-state index in [1.54, 1.807) is 43.5 Å². The minimum atomic E-state index is -0.107. The van der Waals surface area contributed by atoms with Gasteiger partial charge >= 0.3 is 0 Å². The predicted octanol–water partition coefficient (Wildman–Crippen LogP) is 4.38. The quantitative estimate of drug-likeness (QED) is 0.693. The Morgan fingerprint density at radius 3 is 2.78 bits per heavy atom. The summed E-state index contributed by atoms with van der Waals surface area (Å²) in [5.41, 5.74) is 1.36. The molecule has 1 amide bonds. The number of methoxy groups -OCH3 is 2. The number of aliphatic imine (C=N–C) groups is 1. The van der Waals surface area contributed by atoms with Crippen molar-refractivity contribution < 1.29 is 14.3 Å². The van der Waals surface area contributed by atoms with E-state index < -0.39 is 0 Å². The largest absolute Gasteiger partial charge is 0.497 e. The number of hydrogen-bond acceptors (Lipinski definition) is 6. The topological polar surface area (TPSA) is 64.0 Å². The van der Waals surface area contributed by atoms with E-state index in [-0.39, 0.29) is 5.91 Å². The van der Waals surface area contributed by atoms with Gasteiger partial charge in [-0.05, 0) is 43.0 Å². The first-order valence-electron chi connectivity index (χ1n) is 8.19. The number of hydrogen-bond donors (Lipinski definition) is 0. The molecular formula is C19H18ClN3O3S. The molecule has 0 N–H and O–H groups in total. The normalized spacial score (nSPS) is 17.0. The van der Waals surface area contributed by atoms with Crippen LogP contribution in [0.5, 0.6) is 11.5 Å². The van der Waals surface area contributed by atoms with Crippen LogP contribution in [-0.4, -0.2) is 41.7 Å². The number of halogens is 1. The molecule has 27 heavy (non-hydrogen) atoms. The smallest absolute Gasteiger partial charge is 0.266 e. The third-order valence-corrected chi connectivity index (χ3v) is 5.20. The zero-order valence-corrected chi connectivity index (χ0v) is 16.7. The SMILES string of the molecule is CCN1C(=O)/C(=C/c2ccc(OC)cc2OC)SC1=Nc1ccncc1Cl. The maximum absolute atomic E-state index is 12.8. The number of amides is 1. The molecule has 3 rings (SSSR count). The Morgan fingerprint density at radius 2 is 2.11 bits per heavy atom. The van der Waals surface area contributed by atoms with E-state index in [2.05, 4.69) is 9.98 Å². The summed E-state index contributed by atoms with van der Waals surface area (Å²) in [5, 5.41) is 1.01. The van der Waals surface area contributed by atoms with Crippen molar-refractivity contribution in [1.82, 2.24) is 9.88 Å². The van der Waals surface area contributed by atoms with Gasteiger partial charge in [0.2, 0.25) is 0 Å². The van der Waals surface area contributed by atoms with Crippen LogP contribution in [0, 0.1) is 0 Å². The Hall–Kier alpha value is -2.51. The molecule has 0 radical (unpaired) electrons. The predicted molar refractivity (Wildman–Crippen MR) is 109 cm³/mol. The number of aromatic nitrogens is 1. The van der Waals surface area contributed by atoms with Crippen molar-refractivity contribution in [3.05, 3.63) is 52.2 Å². The van der Waals surface area contributed by atoms with Gasteiger partial charge in [0, 0.05) is 30.6 Å². The van der Waals surface area contributed by atoms with E-state index in [1.807, 2.05) is 19.1 Å². The lowest BCUT2D eigenvalue weighted by atomic mass is 10.1. The Morgan fingerprint density at radius 1 is 1.30 bits per heavy atom. The molecule has 8 heteroatoms. The van der Waals surface area contributed by atoms with E-state index in [9.17, 15) is 4.79 Å². The molecule has 6 nitrogen and oxygen atoms in total. The first-order valence-corrected chi connectivity index (χ1v) is 9.38. The molecule has 1 aromatic heterocycles. The van der Waals surface area contributed by atoms with Crippen LogP contribution in [0.15, 0.2) is 46.6 Å². The highest BCUT2D eigenvalue weighted by Crippen LogP contribution is 2.37. The van der Waals surface area contributed by atoms with Crippen LogP contribution < -0.4 is 9.47 Å². The standard InChI is InChI=1S/C19H18ClN3O3S/c1-4-23-18(24)17(9-12-5-6-13(25-2)10-16(12)26-3)27-19(23)22-15-7-8-21-11-14(15)20/h5-11H,4H2,1-3H3/b17-9-,22-19?. The Kier molecular flexibility index (Phi) is 6.03. The number of ether oxygens (including phenoxy) is 2. The van der Waals surface area contributed by atoms with E-state index in [0.717, 1.165) is 5.56 Å². The fourth-order valence-corrected chi connectivity index (χ4v) is 3.72. The van der Waals surface area contributed by atoms with Gasteiger partial charge in [0.05, 0.1) is 29.8 Å². The summed E-state index contributed by atoms with van der Waals surface area (Å²) < 4.78 is 10.6. The van der Waals surface area contributed by atoms with Gasteiger partial charge in [-0.15, -0.1) is 0 Å². The number of thioether (sulfide) groups is 1. The maximum atomic E-state index is 12.8. The molecule has 0 aliphatic carbocycles. The molecule has 0 atom stereocenters. The van der Waals surface area contributed by atoms with Crippen LogP contribution in [0.25, 0.3) is 6.08 Å². The summed E-state index contributed by atoms with van der Waals surface area (Å²) >= 11 is 7.44. The molecule has 1 fully saturated rings. The second-order valence-electron chi connectivity index (χ2n) is 5.49. The van der Waals surface area contributed by atoms with Crippen molar-refractivity contribution in [2.45, 2.75) is 6.92 Å². The third kappa shape index (κ3) is 4.09. The first kappa shape index (κ1) is 19.3. The average Bonchev–Trinajstić information content (AvgIpc) is 2.98. The van der Waals surface area contributed by atoms with E-state index in [4.69, 9.17) is 21.1 Å². The molecule has 140 valence electrons. The second kappa shape index (κ2) is 8.45. The summed E-state index contributed by atoms with van der Waals surface area (Å²) in [6.07, 6.45) is 4.93. The molecular weight excluding hydrogens is 386 g/mol. The Bertz CT molecular complexity index is 930. The molecule has 1 aliphatic heterocycles. The molecule has 0 unspecified atom stereocenters. The lowest BCUT2D eigenvalue weighted by Crippen LogP contribution is -2.28. The van der Waals surface area contributed by atoms with E-state index in [1.165, 1.54) is 18.0 Å². The van der Waals surface area contributed by atoms with Gasteiger partial charge < -0.3 is 9.47 Å². The van der Waals surface area contributed by atoms with Crippen molar-refractivity contribution >= 4 is 46.2 Å². The van der Waals surface area contributed by atoms with Crippen molar-refractivity contribution in [2.24, 2.45) is 4.99 Å². The molecule has 2 heterocycles. The molecule has 2 aromatic rings. The number of amidine groups is 1. The minimum Gasteiger partial charge on any atom is -0.497 e. The number of carbonyl (C=O) groups excluding carboxylic acids is 1. The van der Waals surface area contributed by atoms with Crippen molar-refractivity contribution in [2.75, 3.05) is 20.8 Å². The number of benzene rings is 1. The fourth-order valence-electron chi connectivity index (χ4n) is 2.51. The van der Waals surface area contributed by atoms with Gasteiger partial charge in [-0.1, -0.05) is 11.6 Å². The number of likely N-dealkylation sites (N-methyl/N-ethyl adjacent to an activating group) is 1. The number of rotatable bonds is 5. The highest BCUT2D eigenvalue weighted by atomic mass is 35.5. The number of carbonyl (C=O) groups is 1. The van der Waals surface area contributed by atoms with Crippen LogP contribution in [0.2, 0.25) is 5.02 Å². The Balaban J connectivity index is 1.98. The van der Waals surface area contributed by atoms with Gasteiger partial charge in [-0.2, -0.15) is 0 Å². The molecule has 1 aliphatic rings. The number of pyridine rings is 1. The van der Waals surface area contributed by atoms with Crippen molar-refractivity contribution in [3.63, 3.8) is 0 Å². The maximum Gasteiger partial charge on any atom is 0.266 e. The van der Waals surface area contributed by atoms with Crippen LogP contribution in [0.1, 0.15) is 12.5 Å². The summed E-state index contributed by atoms with van der Waals surface area (Å²) in [6.45, 7) is 2.41. The zero-order chi connectivity index (χ0) is 19.4. The van der Waals surface area contributed by atoms with Crippen LogP contribution >= 0.6 is 23.4 Å². The van der Waals surface area contributed by atoms with Crippen LogP contribution in [0.4, 0.5) is 5.69 Å². The van der Waals surface area contributed by atoms with Crippen LogP contribution in [-0.2, 0) is 4.79 Å². The molecule has 0 spiro atoms. The van der Waals surface area contributed by atoms with Gasteiger partial charge in [0.15, 0.2) is 5.17 Å². The third-order valence-electron chi connectivity index (χ3n) is 3.90. The monoisotopic (exact) mass is 403 g/mol. The highest BCUT2D eigenvalue weighted by molar-refractivity contribution is 8.18. The van der Waals surface area contributed by atoms with Gasteiger partial charge in [-0.3, -0.25) is 14.7 Å². The van der Waals surface area contributed by atoms with E-state index in [0.29, 0.717) is 38.8 Å². The molecule has 0 saturated carbocycles. The lowest BCUT2D eigenvalue weighted by Gasteiger charge is -2.12. The van der Waals surface area contributed by atoms with Crippen LogP contribution in [0.3, 0.4) is 0 Å². The van der Waals surface area contributed by atoms with Gasteiger partial charge in [-0.25, -0.2) is 4.99 Å². The van der Waals surface area contributed by atoms with E-state index >= 15 is 0 Å². The lowest BCUT2D eigenvalue weighted by molar-refractivity contribution is -0.122. The summed E-state index contributed by atoms with van der Waals surface area (Å²) in [7, 11) is 3.17. The van der Waals surface area contributed by atoms with Crippen molar-refractivity contribution in [3.8, 4) is 11.5 Å². The second-order valence-corrected chi connectivity index (χ2v) is 6.91. The minimum absolute atomic E-state index is 0.107. The highest BCUT2D eigenvalue weighted by Gasteiger charge is 2.32. The Labute approximate surface area is 166 Å². The van der Waals surface area contributed by atoms with Crippen molar-refractivity contribution in [1.29, 1.82) is 0 Å². The number of nitrogens with zero attached hydrogens (tertiary/aromatic N) is 3. The van der Waals surface area contributed by atoms with Gasteiger partial charge in [0.25, 0.3) is 5.91 Å². The summed E-state index contributed by atoms with van der Waals surface area (Å²) in [5.74, 6) is 1.20. The van der Waals surface area contributed by atoms with Gasteiger partial charge in [0.1, 0.15) is 11.5 Å². The summed E-state index contributed by atoms with van der Waals surface area (Å²) in [4.78, 5) is 23.5.